The van der Waals surface area contributed by atoms with E-state index in [9.17, 15) is 0 Å². The van der Waals surface area contributed by atoms with Crippen molar-refractivity contribution in [2.24, 2.45) is 0 Å². The Hall–Kier alpha value is 1.12. The predicted molar refractivity (Wildman–Crippen MR) is 57.3 cm³/mol. The molecule has 1 radical (unpaired) electrons. The number of hydrogen-bond acceptors (Lipinski definition) is 1. The van der Waals surface area contributed by atoms with Gasteiger partial charge in [0.05, 0.1) is 0 Å². The molecule has 0 aromatic carbocycles. The Morgan fingerprint density at radius 1 is 1.40 bits per heavy atom. The molecule has 0 N–H and O–H groups in total. The minimum atomic E-state index is 0. The van der Waals surface area contributed by atoms with Crippen LogP contribution in [0.15, 0.2) is 17.7 Å². The number of allylic oxidation sites excluding steroid dienone is 3. The topological polar surface area (TPSA) is 0 Å². The molecule has 1 aliphatic rings. The average molecular weight is 300 g/mol. The molecule has 1 unspecified atom stereocenters. The van der Waals surface area contributed by atoms with Crippen molar-refractivity contribution >= 4 is 11.8 Å². The van der Waals surface area contributed by atoms with Crippen molar-refractivity contribution in [1.82, 2.24) is 0 Å². The minimum absolute atomic E-state index is 0. The normalized spacial score (nSPS) is 14.4. The summed E-state index contributed by atoms with van der Waals surface area (Å²) in [4.78, 5) is 0. The van der Waals surface area contributed by atoms with Crippen molar-refractivity contribution in [3.63, 3.8) is 0 Å². The van der Waals surface area contributed by atoms with Crippen molar-refractivity contribution in [1.29, 1.82) is 0 Å². The van der Waals surface area contributed by atoms with Gasteiger partial charge in [0.15, 0.2) is 0 Å². The number of hydrogen-bond donors (Lipinski definition) is 0. The first kappa shape index (κ1) is 21.4. The van der Waals surface area contributed by atoms with E-state index in [0.29, 0.717) is 5.25 Å². The first-order valence-corrected chi connectivity index (χ1v) is 5.82. The number of thioether (sulfide) groups is 1. The van der Waals surface area contributed by atoms with E-state index in [4.69, 9.17) is 0 Å². The summed E-state index contributed by atoms with van der Waals surface area (Å²) in [5.74, 6) is 1.28. The molecule has 85 valence electrons. The number of halogens is 2. The van der Waals surface area contributed by atoms with Gasteiger partial charge in [0, 0.05) is 0 Å². The molecule has 0 spiro atoms. The summed E-state index contributed by atoms with van der Waals surface area (Å²) in [6.07, 6.45) is 11.4. The molecule has 15 heavy (non-hydrogen) atoms. The van der Waals surface area contributed by atoms with Gasteiger partial charge in [0.1, 0.15) is 0 Å². The maximum absolute atomic E-state index is 3.40. The summed E-state index contributed by atoms with van der Waals surface area (Å²) >= 11 is 2.07. The van der Waals surface area contributed by atoms with Crippen LogP contribution in [0, 0.1) is 6.08 Å². The van der Waals surface area contributed by atoms with Crippen molar-refractivity contribution < 1.29 is 46.5 Å². The standard InChI is InChI=1S/C11H17S.2ClH.Ti/c1-3-9-12-11(4-2)10-7-5-6-8-10;;;/h5,7,11H,3-4,6,9H2,1-2H3;2*1H;/q-1;;;+3/p-2. The fraction of sp³-hybridized carbons (Fsp3) is 0.636. The molecule has 0 aromatic rings. The van der Waals surface area contributed by atoms with Gasteiger partial charge < -0.3 is 24.8 Å². The minimum Gasteiger partial charge on any atom is -1.00 e. The first-order chi connectivity index (χ1) is 5.88. The van der Waals surface area contributed by atoms with E-state index in [1.165, 1.54) is 24.2 Å². The zero-order valence-corrected chi connectivity index (χ0v) is 13.1. The van der Waals surface area contributed by atoms with Crippen molar-refractivity contribution in [2.75, 3.05) is 5.75 Å². The van der Waals surface area contributed by atoms with Gasteiger partial charge in [-0.2, -0.15) is 17.8 Å². The Labute approximate surface area is 125 Å². The van der Waals surface area contributed by atoms with Crippen molar-refractivity contribution in [3.05, 3.63) is 23.8 Å². The van der Waals surface area contributed by atoms with Crippen LogP contribution < -0.4 is 24.8 Å². The van der Waals surface area contributed by atoms with Gasteiger partial charge in [-0.05, 0) is 23.8 Å². The van der Waals surface area contributed by atoms with Crippen LogP contribution in [0.4, 0.5) is 0 Å². The monoisotopic (exact) mass is 299 g/mol. The zero-order valence-electron chi connectivity index (χ0n) is 9.22. The second-order valence-corrected chi connectivity index (χ2v) is 4.32. The molecule has 0 nitrogen and oxygen atoms in total. The molecule has 0 saturated carbocycles. The van der Waals surface area contributed by atoms with E-state index in [1.54, 1.807) is 0 Å². The molecule has 1 aliphatic carbocycles. The third-order valence-electron chi connectivity index (χ3n) is 1.96. The molecule has 0 aromatic heterocycles. The van der Waals surface area contributed by atoms with Gasteiger partial charge in [0.2, 0.25) is 0 Å². The SMILES string of the molecule is CCCSC(CC)C1=[C-]CC=C1.[Cl-].[Cl-].[Ti+3]. The summed E-state index contributed by atoms with van der Waals surface area (Å²) in [6, 6.07) is 0. The van der Waals surface area contributed by atoms with Crippen LogP contribution >= 0.6 is 11.8 Å². The van der Waals surface area contributed by atoms with Gasteiger partial charge in [0.25, 0.3) is 0 Å². The third-order valence-corrected chi connectivity index (χ3v) is 3.60. The second kappa shape index (κ2) is 13.2. The Balaban J connectivity index is -0.000000480. The van der Waals surface area contributed by atoms with Gasteiger partial charge in [-0.15, -0.1) is 6.42 Å². The van der Waals surface area contributed by atoms with Crippen LogP contribution in [-0.4, -0.2) is 11.0 Å². The van der Waals surface area contributed by atoms with E-state index >= 15 is 0 Å². The van der Waals surface area contributed by atoms with Gasteiger partial charge >= 0.3 is 21.7 Å². The van der Waals surface area contributed by atoms with Gasteiger partial charge in [-0.25, -0.2) is 11.6 Å². The molecule has 1 atom stereocenters. The van der Waals surface area contributed by atoms with Crippen LogP contribution in [0.25, 0.3) is 0 Å². The Bertz CT molecular complexity index is 193. The van der Waals surface area contributed by atoms with Crippen LogP contribution in [0.5, 0.6) is 0 Å². The van der Waals surface area contributed by atoms with Gasteiger partial charge in [-0.1, -0.05) is 13.8 Å². The van der Waals surface area contributed by atoms with E-state index in [2.05, 4.69) is 43.8 Å². The Morgan fingerprint density at radius 2 is 2.07 bits per heavy atom. The summed E-state index contributed by atoms with van der Waals surface area (Å²) in [6.45, 7) is 4.50. The number of rotatable bonds is 5. The largest absolute Gasteiger partial charge is 3.00 e. The summed E-state index contributed by atoms with van der Waals surface area (Å²) in [7, 11) is 0. The molecule has 0 saturated heterocycles. The van der Waals surface area contributed by atoms with Crippen LogP contribution in [-0.2, 0) is 21.7 Å². The van der Waals surface area contributed by atoms with Crippen LogP contribution in [0.3, 0.4) is 0 Å². The van der Waals surface area contributed by atoms with E-state index in [-0.39, 0.29) is 46.5 Å². The van der Waals surface area contributed by atoms with E-state index in [1.807, 2.05) is 0 Å². The molecule has 0 amide bonds. The maximum Gasteiger partial charge on any atom is 3.00 e. The summed E-state index contributed by atoms with van der Waals surface area (Å²) in [5, 5.41) is 0.698. The van der Waals surface area contributed by atoms with Gasteiger partial charge in [-0.3, -0.25) is 6.08 Å². The van der Waals surface area contributed by atoms with Crippen molar-refractivity contribution in [3.8, 4) is 0 Å². The summed E-state index contributed by atoms with van der Waals surface area (Å²) in [5.41, 5.74) is 1.43. The fourth-order valence-electron chi connectivity index (χ4n) is 1.33. The quantitative estimate of drug-likeness (QED) is 0.403. The van der Waals surface area contributed by atoms with E-state index < -0.39 is 0 Å². The Kier molecular flexibility index (Phi) is 18.8. The molecule has 4 heteroatoms. The van der Waals surface area contributed by atoms with Crippen LogP contribution in [0.2, 0.25) is 0 Å². The summed E-state index contributed by atoms with van der Waals surface area (Å²) < 4.78 is 0. The molecular formula is C11H17Cl2STi. The zero-order chi connectivity index (χ0) is 8.81. The maximum atomic E-state index is 3.40. The molecule has 0 bridgehead atoms. The molecule has 0 heterocycles. The molecular weight excluding hydrogens is 283 g/mol. The average Bonchev–Trinajstić information content (AvgIpc) is 2.59. The van der Waals surface area contributed by atoms with Crippen LogP contribution in [0.1, 0.15) is 33.1 Å². The fourth-order valence-corrected chi connectivity index (χ4v) is 2.43. The Morgan fingerprint density at radius 3 is 2.47 bits per heavy atom. The smallest absolute Gasteiger partial charge is 1.00 e. The first-order valence-electron chi connectivity index (χ1n) is 4.77. The molecule has 1 rings (SSSR count). The predicted octanol–water partition coefficient (Wildman–Crippen LogP) is -2.40. The van der Waals surface area contributed by atoms with E-state index in [0.717, 1.165) is 6.42 Å². The molecule has 0 fully saturated rings. The third kappa shape index (κ3) is 7.93. The molecule has 0 aliphatic heterocycles. The van der Waals surface area contributed by atoms with Crippen molar-refractivity contribution in [2.45, 2.75) is 38.4 Å². The second-order valence-electron chi connectivity index (χ2n) is 3.01.